The Labute approximate surface area is 188 Å². The van der Waals surface area contributed by atoms with Gasteiger partial charge in [-0.2, -0.15) is 0 Å². The Morgan fingerprint density at radius 3 is 2.12 bits per heavy atom. The number of benzene rings is 2. The van der Waals surface area contributed by atoms with Gasteiger partial charge in [0.25, 0.3) is 0 Å². The molecule has 1 aliphatic rings. The largest absolute Gasteiger partial charge is 0.481 e. The van der Waals surface area contributed by atoms with Crippen molar-refractivity contribution in [2.45, 2.75) is 45.1 Å². The third-order valence-corrected chi connectivity index (χ3v) is 5.71. The molecule has 0 saturated carbocycles. The van der Waals surface area contributed by atoms with Crippen LogP contribution in [0.25, 0.3) is 11.1 Å². The highest BCUT2D eigenvalue weighted by Gasteiger charge is 2.31. The summed E-state index contributed by atoms with van der Waals surface area (Å²) >= 11 is 0. The molecule has 2 amide bonds. The van der Waals surface area contributed by atoms with Gasteiger partial charge in [-0.05, 0) is 43.0 Å². The van der Waals surface area contributed by atoms with Gasteiger partial charge in [0, 0.05) is 31.0 Å². The monoisotopic (exact) mass is 438 g/mol. The lowest BCUT2D eigenvalue weighted by molar-refractivity contribution is -0.138. The normalized spacial score (nSPS) is 12.6. The maximum atomic E-state index is 12.6. The Morgan fingerprint density at radius 2 is 1.59 bits per heavy atom. The fourth-order valence-corrected chi connectivity index (χ4v) is 4.13. The number of nitrogens with zero attached hydrogens (tertiary/aromatic N) is 1. The predicted octanol–water partition coefficient (Wildman–Crippen LogP) is 4.02. The van der Waals surface area contributed by atoms with E-state index in [0.29, 0.717) is 6.54 Å². The molecule has 32 heavy (non-hydrogen) atoms. The Hall–Kier alpha value is -3.35. The molecule has 7 nitrogen and oxygen atoms in total. The number of ether oxygens (including phenoxy) is 1. The second-order valence-electron chi connectivity index (χ2n) is 8.63. The number of hydrogen-bond donors (Lipinski definition) is 2. The first-order chi connectivity index (χ1) is 15.2. The summed E-state index contributed by atoms with van der Waals surface area (Å²) in [5, 5.41) is 11.6. The van der Waals surface area contributed by atoms with E-state index in [0.717, 1.165) is 22.3 Å². The van der Waals surface area contributed by atoms with Crippen molar-refractivity contribution in [3.63, 3.8) is 0 Å². The van der Waals surface area contributed by atoms with E-state index in [9.17, 15) is 14.4 Å². The second kappa shape index (κ2) is 9.85. The molecule has 170 valence electrons. The van der Waals surface area contributed by atoms with E-state index < -0.39 is 17.6 Å². The summed E-state index contributed by atoms with van der Waals surface area (Å²) in [5.41, 5.74) is 3.74. The number of rotatable bonds is 9. The lowest BCUT2D eigenvalue weighted by Gasteiger charge is -2.29. The van der Waals surface area contributed by atoms with Gasteiger partial charge < -0.3 is 20.1 Å². The number of carbonyl (C=O) groups excluding carboxylic acids is 2. The molecule has 0 heterocycles. The first-order valence-corrected chi connectivity index (χ1v) is 10.8. The summed E-state index contributed by atoms with van der Waals surface area (Å²) in [4.78, 5) is 37.4. The molecule has 0 bridgehead atoms. The van der Waals surface area contributed by atoms with Crippen LogP contribution in [0.1, 0.15) is 50.7 Å². The lowest BCUT2D eigenvalue weighted by Crippen LogP contribution is -2.48. The van der Waals surface area contributed by atoms with Gasteiger partial charge in [-0.25, -0.2) is 4.79 Å². The summed E-state index contributed by atoms with van der Waals surface area (Å²) in [7, 11) is 0. The summed E-state index contributed by atoms with van der Waals surface area (Å²) in [5.74, 6) is -1.20. The van der Waals surface area contributed by atoms with Crippen molar-refractivity contribution in [2.75, 3.05) is 19.7 Å². The predicted molar refractivity (Wildman–Crippen MR) is 121 cm³/mol. The molecule has 0 spiro atoms. The van der Waals surface area contributed by atoms with Crippen molar-refractivity contribution in [1.82, 2.24) is 10.2 Å². The number of carbonyl (C=O) groups is 3. The lowest BCUT2D eigenvalue weighted by atomic mass is 9.98. The molecule has 7 heteroatoms. The maximum absolute atomic E-state index is 12.6. The van der Waals surface area contributed by atoms with E-state index >= 15 is 0 Å². The van der Waals surface area contributed by atoms with Crippen LogP contribution in [0.5, 0.6) is 0 Å². The van der Waals surface area contributed by atoms with Gasteiger partial charge in [0.15, 0.2) is 0 Å². The number of nitrogens with one attached hydrogen (secondary N) is 1. The van der Waals surface area contributed by atoms with Crippen molar-refractivity contribution in [2.24, 2.45) is 0 Å². The number of aliphatic carboxylic acids is 1. The fraction of sp³-hybridized carbons (Fsp3) is 0.400. The quantitative estimate of drug-likeness (QED) is 0.617. The molecule has 3 rings (SSSR count). The molecule has 0 unspecified atom stereocenters. The van der Waals surface area contributed by atoms with Gasteiger partial charge in [0.05, 0.1) is 6.42 Å². The van der Waals surface area contributed by atoms with E-state index in [1.54, 1.807) is 20.8 Å². The van der Waals surface area contributed by atoms with Gasteiger partial charge in [-0.3, -0.25) is 9.59 Å². The molecule has 0 atom stereocenters. The molecule has 2 aromatic rings. The number of amides is 2. The molecule has 0 radical (unpaired) electrons. The Balaban J connectivity index is 1.58. The molecule has 1 aliphatic carbocycles. The van der Waals surface area contributed by atoms with Crippen molar-refractivity contribution in [3.05, 3.63) is 59.7 Å². The first-order valence-electron chi connectivity index (χ1n) is 10.8. The van der Waals surface area contributed by atoms with Crippen LogP contribution in [-0.4, -0.2) is 53.2 Å². The molecule has 0 aliphatic heterocycles. The summed E-state index contributed by atoms with van der Waals surface area (Å²) in [6.07, 6.45) is -0.650. The average molecular weight is 439 g/mol. The second-order valence-corrected chi connectivity index (χ2v) is 8.63. The number of carboxylic acid groups (broad SMARTS) is 1. The summed E-state index contributed by atoms with van der Waals surface area (Å²) in [6, 6.07) is 16.2. The molecule has 0 fully saturated rings. The first kappa shape index (κ1) is 23.3. The van der Waals surface area contributed by atoms with Crippen LogP contribution in [0.4, 0.5) is 4.79 Å². The van der Waals surface area contributed by atoms with Crippen LogP contribution < -0.4 is 5.32 Å². The van der Waals surface area contributed by atoms with Crippen LogP contribution in [0.2, 0.25) is 0 Å². The van der Waals surface area contributed by atoms with Crippen molar-refractivity contribution < 1.29 is 24.2 Å². The Morgan fingerprint density at radius 1 is 1.03 bits per heavy atom. The van der Waals surface area contributed by atoms with Gasteiger partial charge in [-0.1, -0.05) is 48.5 Å². The number of fused-ring (bicyclic) bond motifs is 3. The van der Waals surface area contributed by atoms with E-state index in [1.807, 2.05) is 24.3 Å². The van der Waals surface area contributed by atoms with Crippen LogP contribution in [0.15, 0.2) is 48.5 Å². The molecule has 0 saturated heterocycles. The zero-order chi connectivity index (χ0) is 23.3. The molecular weight excluding hydrogens is 408 g/mol. The van der Waals surface area contributed by atoms with Crippen molar-refractivity contribution >= 4 is 18.0 Å². The number of hydrogen-bond acceptors (Lipinski definition) is 4. The fourth-order valence-electron chi connectivity index (χ4n) is 4.13. The molecular formula is C25H30N2O5. The minimum atomic E-state index is -0.952. The summed E-state index contributed by atoms with van der Waals surface area (Å²) < 4.78 is 5.57. The highest BCUT2D eigenvalue weighted by atomic mass is 16.5. The third kappa shape index (κ3) is 5.46. The van der Waals surface area contributed by atoms with Crippen LogP contribution in [0, 0.1) is 0 Å². The number of carboxylic acids is 1. The zero-order valence-electron chi connectivity index (χ0n) is 18.8. The van der Waals surface area contributed by atoms with Gasteiger partial charge in [0.1, 0.15) is 6.61 Å². The van der Waals surface area contributed by atoms with Crippen LogP contribution >= 0.6 is 0 Å². The van der Waals surface area contributed by atoms with E-state index in [4.69, 9.17) is 9.84 Å². The Kier molecular flexibility index (Phi) is 7.18. The third-order valence-electron chi connectivity index (χ3n) is 5.71. The average Bonchev–Trinajstić information content (AvgIpc) is 3.05. The summed E-state index contributed by atoms with van der Waals surface area (Å²) in [6.45, 7) is 6.04. The smallest absolute Gasteiger partial charge is 0.407 e. The molecule has 0 aromatic heterocycles. The highest BCUT2D eigenvalue weighted by molar-refractivity contribution is 5.80. The standard InChI is InChI=1S/C25H30N2O5/c1-4-27(14-13-23(29)30)22(28)15-25(2,3)26-24(31)32-16-21-19-11-7-5-9-17(19)18-10-6-8-12-20(18)21/h5-12,21H,4,13-16H2,1-3H3,(H,26,31)(H,29,30). The van der Waals surface area contributed by atoms with Crippen molar-refractivity contribution in [3.8, 4) is 11.1 Å². The van der Waals surface area contributed by atoms with E-state index in [-0.39, 0.29) is 37.8 Å². The topological polar surface area (TPSA) is 95.9 Å². The van der Waals surface area contributed by atoms with Gasteiger partial charge in [0.2, 0.25) is 5.91 Å². The van der Waals surface area contributed by atoms with E-state index in [1.165, 1.54) is 4.90 Å². The van der Waals surface area contributed by atoms with Crippen molar-refractivity contribution in [1.29, 1.82) is 0 Å². The highest BCUT2D eigenvalue weighted by Crippen LogP contribution is 2.44. The molecule has 2 N–H and O–H groups in total. The maximum Gasteiger partial charge on any atom is 0.407 e. The SMILES string of the molecule is CCN(CCC(=O)O)C(=O)CC(C)(C)NC(=O)OCC1c2ccccc2-c2ccccc21. The van der Waals surface area contributed by atoms with Gasteiger partial charge in [-0.15, -0.1) is 0 Å². The number of alkyl carbamates (subject to hydrolysis) is 1. The van der Waals surface area contributed by atoms with Crippen LogP contribution in [0.3, 0.4) is 0 Å². The zero-order valence-corrected chi connectivity index (χ0v) is 18.8. The van der Waals surface area contributed by atoms with Gasteiger partial charge >= 0.3 is 12.1 Å². The minimum Gasteiger partial charge on any atom is -0.481 e. The molecule has 2 aromatic carbocycles. The van der Waals surface area contributed by atoms with Crippen LogP contribution in [-0.2, 0) is 14.3 Å². The Bertz CT molecular complexity index is 956. The van der Waals surface area contributed by atoms with E-state index in [2.05, 4.69) is 29.6 Å². The minimum absolute atomic E-state index is 0.0375.